The number of amides is 1. The first kappa shape index (κ1) is 11.5. The predicted octanol–water partition coefficient (Wildman–Crippen LogP) is 2.27. The SMILES string of the molecule is NC(=O)C(Br)Cc1ccc(Cl)c(F)c1. The predicted molar refractivity (Wildman–Crippen MR) is 57.0 cm³/mol. The molecule has 0 saturated heterocycles. The van der Waals surface area contributed by atoms with E-state index in [4.69, 9.17) is 17.3 Å². The van der Waals surface area contributed by atoms with Crippen molar-refractivity contribution < 1.29 is 9.18 Å². The first-order valence-corrected chi connectivity index (χ1v) is 5.17. The van der Waals surface area contributed by atoms with Crippen LogP contribution in [0, 0.1) is 5.82 Å². The summed E-state index contributed by atoms with van der Waals surface area (Å²) >= 11 is 8.59. The van der Waals surface area contributed by atoms with Crippen LogP contribution in [0.1, 0.15) is 5.56 Å². The molecule has 0 radical (unpaired) electrons. The van der Waals surface area contributed by atoms with Gasteiger partial charge in [0.15, 0.2) is 0 Å². The van der Waals surface area contributed by atoms with E-state index in [0.29, 0.717) is 12.0 Å². The van der Waals surface area contributed by atoms with Crippen LogP contribution in [-0.2, 0) is 11.2 Å². The average Bonchev–Trinajstić information content (AvgIpc) is 2.11. The van der Waals surface area contributed by atoms with Crippen molar-refractivity contribution in [2.45, 2.75) is 11.2 Å². The Labute approximate surface area is 94.4 Å². The highest BCUT2D eigenvalue weighted by molar-refractivity contribution is 9.10. The van der Waals surface area contributed by atoms with Crippen molar-refractivity contribution in [3.63, 3.8) is 0 Å². The van der Waals surface area contributed by atoms with E-state index in [1.807, 2.05) is 0 Å². The summed E-state index contributed by atoms with van der Waals surface area (Å²) in [6.45, 7) is 0. The Hall–Kier alpha value is -0.610. The molecule has 0 aromatic heterocycles. The molecule has 0 aliphatic rings. The van der Waals surface area contributed by atoms with E-state index in [2.05, 4.69) is 15.9 Å². The summed E-state index contributed by atoms with van der Waals surface area (Å²) in [7, 11) is 0. The number of nitrogens with two attached hydrogens (primary N) is 1. The van der Waals surface area contributed by atoms with Crippen LogP contribution < -0.4 is 5.73 Å². The first-order valence-electron chi connectivity index (χ1n) is 3.88. The molecule has 0 fully saturated rings. The fraction of sp³-hybridized carbons (Fsp3) is 0.222. The molecule has 1 atom stereocenters. The molecule has 1 aromatic carbocycles. The molecular weight excluding hydrogens is 272 g/mol. The van der Waals surface area contributed by atoms with Gasteiger partial charge in [0.1, 0.15) is 5.82 Å². The van der Waals surface area contributed by atoms with Crippen molar-refractivity contribution in [1.29, 1.82) is 0 Å². The summed E-state index contributed by atoms with van der Waals surface area (Å²) < 4.78 is 13.0. The maximum atomic E-state index is 13.0. The number of primary amides is 1. The van der Waals surface area contributed by atoms with Gasteiger partial charge in [-0.1, -0.05) is 33.6 Å². The van der Waals surface area contributed by atoms with Crippen LogP contribution in [0.4, 0.5) is 4.39 Å². The Morgan fingerprint density at radius 3 is 2.79 bits per heavy atom. The summed E-state index contributed by atoms with van der Waals surface area (Å²) in [4.78, 5) is 10.2. The summed E-state index contributed by atoms with van der Waals surface area (Å²) in [5, 5.41) is 0.0685. The van der Waals surface area contributed by atoms with E-state index in [0.717, 1.165) is 0 Å². The van der Waals surface area contributed by atoms with E-state index < -0.39 is 16.6 Å². The van der Waals surface area contributed by atoms with Crippen LogP contribution in [0.5, 0.6) is 0 Å². The smallest absolute Gasteiger partial charge is 0.231 e. The lowest BCUT2D eigenvalue weighted by molar-refractivity contribution is -0.117. The van der Waals surface area contributed by atoms with Gasteiger partial charge in [-0.3, -0.25) is 4.79 Å². The Morgan fingerprint density at radius 1 is 1.64 bits per heavy atom. The molecule has 0 saturated carbocycles. The van der Waals surface area contributed by atoms with E-state index in [1.165, 1.54) is 12.1 Å². The molecule has 0 bridgehead atoms. The number of carbonyl (C=O) groups excluding carboxylic acids is 1. The summed E-state index contributed by atoms with van der Waals surface area (Å²) in [6.07, 6.45) is 0.351. The van der Waals surface area contributed by atoms with Crippen molar-refractivity contribution in [2.24, 2.45) is 5.73 Å². The first-order chi connectivity index (χ1) is 6.50. The number of halogens is 3. The van der Waals surface area contributed by atoms with Crippen molar-refractivity contribution in [1.82, 2.24) is 0 Å². The fourth-order valence-electron chi connectivity index (χ4n) is 0.974. The minimum Gasteiger partial charge on any atom is -0.369 e. The molecule has 0 aliphatic heterocycles. The third-order valence-corrected chi connectivity index (χ3v) is 2.79. The molecule has 0 heterocycles. The van der Waals surface area contributed by atoms with Crippen LogP contribution >= 0.6 is 27.5 Å². The van der Waals surface area contributed by atoms with Crippen LogP contribution in [-0.4, -0.2) is 10.7 Å². The minimum atomic E-state index is -0.492. The lowest BCUT2D eigenvalue weighted by atomic mass is 10.1. The molecule has 1 unspecified atom stereocenters. The molecule has 0 spiro atoms. The van der Waals surface area contributed by atoms with Gasteiger partial charge in [0.05, 0.1) is 9.85 Å². The van der Waals surface area contributed by atoms with Crippen molar-refractivity contribution in [3.8, 4) is 0 Å². The number of hydrogen-bond donors (Lipinski definition) is 1. The van der Waals surface area contributed by atoms with E-state index in [1.54, 1.807) is 6.07 Å². The van der Waals surface area contributed by atoms with Gasteiger partial charge in [0.25, 0.3) is 0 Å². The summed E-state index contributed by atoms with van der Waals surface area (Å²) in [6, 6.07) is 4.40. The van der Waals surface area contributed by atoms with Gasteiger partial charge in [0.2, 0.25) is 5.91 Å². The standard InChI is InChI=1S/C9H8BrClFNO/c10-6(9(13)14)3-5-1-2-7(11)8(12)4-5/h1-2,4,6H,3H2,(H2,13,14). The molecule has 14 heavy (non-hydrogen) atoms. The van der Waals surface area contributed by atoms with Gasteiger partial charge < -0.3 is 5.73 Å². The maximum Gasteiger partial charge on any atom is 0.231 e. The minimum absolute atomic E-state index is 0.0685. The van der Waals surface area contributed by atoms with Crippen LogP contribution in [0.3, 0.4) is 0 Å². The van der Waals surface area contributed by atoms with Crippen molar-refractivity contribution in [2.75, 3.05) is 0 Å². The molecule has 2 N–H and O–H groups in total. The van der Waals surface area contributed by atoms with Gasteiger partial charge in [0, 0.05) is 0 Å². The zero-order chi connectivity index (χ0) is 10.7. The van der Waals surface area contributed by atoms with Crippen LogP contribution in [0.15, 0.2) is 18.2 Å². The number of benzene rings is 1. The number of rotatable bonds is 3. The number of hydrogen-bond acceptors (Lipinski definition) is 1. The lowest BCUT2D eigenvalue weighted by Crippen LogP contribution is -2.24. The van der Waals surface area contributed by atoms with E-state index in [-0.39, 0.29) is 5.02 Å². The van der Waals surface area contributed by atoms with Crippen LogP contribution in [0.25, 0.3) is 0 Å². The fourth-order valence-corrected chi connectivity index (χ4v) is 1.47. The monoisotopic (exact) mass is 279 g/mol. The van der Waals surface area contributed by atoms with Gasteiger partial charge in [-0.2, -0.15) is 0 Å². The third-order valence-electron chi connectivity index (χ3n) is 1.71. The molecule has 5 heteroatoms. The molecule has 1 aromatic rings. The highest BCUT2D eigenvalue weighted by Gasteiger charge is 2.12. The Morgan fingerprint density at radius 2 is 2.29 bits per heavy atom. The molecule has 2 nitrogen and oxygen atoms in total. The van der Waals surface area contributed by atoms with E-state index in [9.17, 15) is 9.18 Å². The Kier molecular flexibility index (Phi) is 3.89. The number of alkyl halides is 1. The average molecular weight is 281 g/mol. The molecule has 0 aliphatic carbocycles. The van der Waals surface area contributed by atoms with E-state index >= 15 is 0 Å². The normalized spacial score (nSPS) is 12.5. The quantitative estimate of drug-likeness (QED) is 0.848. The Bertz CT molecular complexity index is 359. The summed E-state index contributed by atoms with van der Waals surface area (Å²) in [5.41, 5.74) is 5.72. The highest BCUT2D eigenvalue weighted by atomic mass is 79.9. The molecule has 1 amide bonds. The topological polar surface area (TPSA) is 43.1 Å². The second-order valence-corrected chi connectivity index (χ2v) is 4.34. The maximum absolute atomic E-state index is 13.0. The molecule has 1 rings (SSSR count). The van der Waals surface area contributed by atoms with Crippen LogP contribution in [0.2, 0.25) is 5.02 Å². The van der Waals surface area contributed by atoms with Gasteiger partial charge in [-0.15, -0.1) is 0 Å². The zero-order valence-corrected chi connectivity index (χ0v) is 9.48. The third kappa shape index (κ3) is 2.96. The summed E-state index contributed by atoms with van der Waals surface area (Å²) in [5.74, 6) is -0.964. The van der Waals surface area contributed by atoms with Gasteiger partial charge in [-0.25, -0.2) is 4.39 Å². The van der Waals surface area contributed by atoms with Crippen molar-refractivity contribution >= 4 is 33.4 Å². The van der Waals surface area contributed by atoms with Crippen molar-refractivity contribution in [3.05, 3.63) is 34.6 Å². The van der Waals surface area contributed by atoms with Gasteiger partial charge in [-0.05, 0) is 24.1 Å². The second kappa shape index (κ2) is 4.75. The second-order valence-electron chi connectivity index (χ2n) is 2.82. The largest absolute Gasteiger partial charge is 0.369 e. The lowest BCUT2D eigenvalue weighted by Gasteiger charge is -2.05. The number of carbonyl (C=O) groups is 1. The highest BCUT2D eigenvalue weighted by Crippen LogP contribution is 2.17. The Balaban J connectivity index is 2.78. The molecular formula is C9H8BrClFNO. The zero-order valence-electron chi connectivity index (χ0n) is 7.14. The molecule has 76 valence electrons. The van der Waals surface area contributed by atoms with Gasteiger partial charge >= 0.3 is 0 Å².